The fourth-order valence-electron chi connectivity index (χ4n) is 5.52. The summed E-state index contributed by atoms with van der Waals surface area (Å²) in [6.07, 6.45) is 1.56. The van der Waals surface area contributed by atoms with Crippen LogP contribution in [0.25, 0.3) is 0 Å². The molecule has 0 bridgehead atoms. The standard InChI is InChI=1S/C18H26N4.C11H13F3N2O.C2H6/c1-4-6-17(5-2)15(3)21-9-11-22(12-10-21)18-8-7-16(13-19)14-20-18;1-5(2)6-3-4-7-8(11(12,13)14)10(17)16-15-9(6)7;1-2/h7-8,14,17H,3-6,9-12H2,1-2H3;5-6H,3-4H2,1-2H3,(H,16,17);1-2H3. The summed E-state index contributed by atoms with van der Waals surface area (Å²) in [5.41, 5.74) is 0.205. The Kier molecular flexibility index (Phi) is 12.9. The Morgan fingerprint density at radius 3 is 2.34 bits per heavy atom. The van der Waals surface area contributed by atoms with Gasteiger partial charge in [-0.2, -0.15) is 23.5 Å². The van der Waals surface area contributed by atoms with Gasteiger partial charge in [0.25, 0.3) is 5.56 Å². The number of hydrogen-bond donors (Lipinski definition) is 1. The van der Waals surface area contributed by atoms with Crippen LogP contribution < -0.4 is 10.5 Å². The zero-order chi connectivity index (χ0) is 30.7. The smallest absolute Gasteiger partial charge is 0.372 e. The zero-order valence-electron chi connectivity index (χ0n) is 25.3. The highest BCUT2D eigenvalue weighted by Crippen LogP contribution is 2.41. The number of fused-ring (bicyclic) bond motifs is 1. The number of pyridine rings is 1. The summed E-state index contributed by atoms with van der Waals surface area (Å²) in [5, 5.41) is 14.6. The summed E-state index contributed by atoms with van der Waals surface area (Å²) in [5.74, 6) is 1.80. The Hall–Kier alpha value is -3.35. The van der Waals surface area contributed by atoms with Crippen molar-refractivity contribution in [3.05, 3.63) is 63.3 Å². The third-order valence-electron chi connectivity index (χ3n) is 7.75. The molecule has 2 aliphatic rings. The summed E-state index contributed by atoms with van der Waals surface area (Å²) < 4.78 is 38.4. The Bertz CT molecular complexity index is 1210. The molecule has 1 fully saturated rings. The van der Waals surface area contributed by atoms with Gasteiger partial charge in [0.05, 0.1) is 11.3 Å². The van der Waals surface area contributed by atoms with Gasteiger partial charge in [-0.1, -0.05) is 54.5 Å². The number of nitriles is 1. The third kappa shape index (κ3) is 8.57. The second-order valence-electron chi connectivity index (χ2n) is 10.6. The van der Waals surface area contributed by atoms with Gasteiger partial charge in [-0.05, 0) is 55.2 Å². The number of aromatic amines is 1. The Morgan fingerprint density at radius 1 is 1.20 bits per heavy atom. The minimum atomic E-state index is -4.60. The predicted molar refractivity (Wildman–Crippen MR) is 158 cm³/mol. The van der Waals surface area contributed by atoms with E-state index in [1.807, 2.05) is 44.9 Å². The highest BCUT2D eigenvalue weighted by molar-refractivity contribution is 5.42. The topological polar surface area (TPSA) is 88.9 Å². The summed E-state index contributed by atoms with van der Waals surface area (Å²) in [7, 11) is 0. The molecular formula is C31H45F3N6O. The molecule has 2 aromatic rings. The van der Waals surface area contributed by atoms with Gasteiger partial charge in [0, 0.05) is 44.0 Å². The molecule has 1 aliphatic heterocycles. The normalized spacial score (nSPS) is 17.0. The second-order valence-corrected chi connectivity index (χ2v) is 10.6. The van der Waals surface area contributed by atoms with E-state index < -0.39 is 17.3 Å². The molecule has 1 saturated heterocycles. The monoisotopic (exact) mass is 574 g/mol. The zero-order valence-corrected chi connectivity index (χ0v) is 25.3. The van der Waals surface area contributed by atoms with E-state index in [4.69, 9.17) is 5.26 Å². The van der Waals surface area contributed by atoms with Gasteiger partial charge in [0.15, 0.2) is 0 Å². The number of halogens is 3. The third-order valence-corrected chi connectivity index (χ3v) is 7.75. The van der Waals surface area contributed by atoms with E-state index in [1.54, 1.807) is 6.20 Å². The average Bonchev–Trinajstić information content (AvgIpc) is 3.40. The fourth-order valence-corrected chi connectivity index (χ4v) is 5.52. The van der Waals surface area contributed by atoms with Crippen LogP contribution in [0.3, 0.4) is 0 Å². The van der Waals surface area contributed by atoms with E-state index in [0.29, 0.717) is 23.6 Å². The van der Waals surface area contributed by atoms with Crippen molar-refractivity contribution >= 4 is 5.82 Å². The quantitative estimate of drug-likeness (QED) is 0.386. The van der Waals surface area contributed by atoms with E-state index in [2.05, 4.69) is 46.4 Å². The number of piperazine rings is 1. The maximum atomic E-state index is 12.8. The van der Waals surface area contributed by atoms with Crippen molar-refractivity contribution in [1.82, 2.24) is 20.1 Å². The van der Waals surface area contributed by atoms with Crippen LogP contribution in [-0.4, -0.2) is 46.3 Å². The van der Waals surface area contributed by atoms with Gasteiger partial charge >= 0.3 is 6.18 Å². The van der Waals surface area contributed by atoms with Gasteiger partial charge in [0.2, 0.25) is 0 Å². The highest BCUT2D eigenvalue weighted by atomic mass is 19.4. The number of rotatable bonds is 7. The minimum absolute atomic E-state index is 0.00273. The Balaban J connectivity index is 0.000000278. The number of hydrogen-bond acceptors (Lipinski definition) is 6. The van der Waals surface area contributed by atoms with Gasteiger partial charge in [-0.25, -0.2) is 10.1 Å². The minimum Gasteiger partial charge on any atom is -0.372 e. The van der Waals surface area contributed by atoms with Crippen LogP contribution in [0, 0.1) is 23.2 Å². The molecule has 0 saturated carbocycles. The van der Waals surface area contributed by atoms with Crippen molar-refractivity contribution < 1.29 is 13.2 Å². The molecule has 4 rings (SSSR count). The van der Waals surface area contributed by atoms with Gasteiger partial charge in [-0.3, -0.25) is 4.79 Å². The van der Waals surface area contributed by atoms with Crippen molar-refractivity contribution in [2.75, 3.05) is 31.1 Å². The molecule has 1 N–H and O–H groups in total. The van der Waals surface area contributed by atoms with Gasteiger partial charge in [-0.15, -0.1) is 0 Å². The number of H-pyrrole nitrogens is 1. The molecule has 226 valence electrons. The molecule has 7 nitrogen and oxygen atoms in total. The molecule has 2 aromatic heterocycles. The molecule has 0 amide bonds. The van der Waals surface area contributed by atoms with E-state index in [9.17, 15) is 18.0 Å². The SMILES string of the molecule is C=C(C(CC)CCC)N1CCN(c2ccc(C#N)cn2)CC1.CC.CC(C)C1CCc2c1n[nH]c(=O)c2C(F)(F)F. The first-order valence-corrected chi connectivity index (χ1v) is 14.7. The number of nitrogens with zero attached hydrogens (tertiary/aromatic N) is 5. The lowest BCUT2D eigenvalue weighted by Gasteiger charge is -2.39. The van der Waals surface area contributed by atoms with Crippen molar-refractivity contribution in [3.8, 4) is 6.07 Å². The molecule has 0 radical (unpaired) electrons. The number of alkyl halides is 3. The average molecular weight is 575 g/mol. The molecule has 2 atom stereocenters. The first kappa shape index (κ1) is 33.9. The van der Waals surface area contributed by atoms with Gasteiger partial charge < -0.3 is 9.80 Å². The summed E-state index contributed by atoms with van der Waals surface area (Å²) >= 11 is 0. The lowest BCUT2D eigenvalue weighted by atomic mass is 9.93. The largest absolute Gasteiger partial charge is 0.422 e. The van der Waals surface area contributed by atoms with E-state index in [1.165, 1.54) is 25.0 Å². The maximum Gasteiger partial charge on any atom is 0.422 e. The number of aromatic nitrogens is 3. The molecule has 1 aliphatic carbocycles. The molecular weight excluding hydrogens is 529 g/mol. The summed E-state index contributed by atoms with van der Waals surface area (Å²) in [6, 6.07) is 5.88. The van der Waals surface area contributed by atoms with Crippen LogP contribution >= 0.6 is 0 Å². The van der Waals surface area contributed by atoms with Crippen LogP contribution in [0.15, 0.2) is 35.4 Å². The van der Waals surface area contributed by atoms with Crippen LogP contribution in [0.2, 0.25) is 0 Å². The van der Waals surface area contributed by atoms with Crippen LogP contribution in [0.5, 0.6) is 0 Å². The molecule has 0 aromatic carbocycles. The Labute approximate surface area is 242 Å². The maximum absolute atomic E-state index is 12.8. The fraction of sp³-hybridized carbons (Fsp3) is 0.613. The van der Waals surface area contributed by atoms with Crippen molar-refractivity contribution in [1.29, 1.82) is 5.26 Å². The molecule has 10 heteroatoms. The van der Waals surface area contributed by atoms with E-state index >= 15 is 0 Å². The lowest BCUT2D eigenvalue weighted by Crippen LogP contribution is -2.46. The van der Waals surface area contributed by atoms with Crippen LogP contribution in [0.1, 0.15) is 95.5 Å². The summed E-state index contributed by atoms with van der Waals surface area (Å²) in [4.78, 5) is 20.4. The van der Waals surface area contributed by atoms with Gasteiger partial charge in [0.1, 0.15) is 17.5 Å². The molecule has 3 heterocycles. The van der Waals surface area contributed by atoms with Crippen molar-refractivity contribution in [2.24, 2.45) is 11.8 Å². The summed E-state index contributed by atoms with van der Waals surface area (Å²) in [6.45, 7) is 20.6. The van der Waals surface area contributed by atoms with Crippen molar-refractivity contribution in [3.63, 3.8) is 0 Å². The van der Waals surface area contributed by atoms with Crippen molar-refractivity contribution in [2.45, 2.75) is 85.7 Å². The predicted octanol–water partition coefficient (Wildman–Crippen LogP) is 6.92. The number of anilines is 1. The first-order valence-electron chi connectivity index (χ1n) is 14.7. The van der Waals surface area contributed by atoms with Crippen LogP contribution in [0.4, 0.5) is 19.0 Å². The first-order chi connectivity index (χ1) is 19.5. The van der Waals surface area contributed by atoms with E-state index in [-0.39, 0.29) is 23.8 Å². The number of nitrogens with one attached hydrogen (secondary N) is 1. The molecule has 41 heavy (non-hydrogen) atoms. The van der Waals surface area contributed by atoms with E-state index in [0.717, 1.165) is 32.0 Å². The Morgan fingerprint density at radius 2 is 1.85 bits per heavy atom. The molecule has 0 spiro atoms. The second kappa shape index (κ2) is 15.6. The highest BCUT2D eigenvalue weighted by Gasteiger charge is 2.41. The van der Waals surface area contributed by atoms with Crippen LogP contribution in [-0.2, 0) is 12.6 Å². The molecule has 2 unspecified atom stereocenters. The lowest BCUT2D eigenvalue weighted by molar-refractivity contribution is -0.139. The number of allylic oxidation sites excluding steroid dienone is 1.